The summed E-state index contributed by atoms with van der Waals surface area (Å²) in [6.07, 6.45) is 5.76. The lowest BCUT2D eigenvalue weighted by atomic mass is 10.0. The molecule has 0 atom stereocenters. The molecule has 2 aromatic rings. The van der Waals surface area contributed by atoms with Crippen LogP contribution in [0, 0.1) is 5.82 Å². The van der Waals surface area contributed by atoms with Gasteiger partial charge in [-0.1, -0.05) is 44.7 Å². The van der Waals surface area contributed by atoms with Crippen molar-refractivity contribution in [3.05, 3.63) is 53.8 Å². The van der Waals surface area contributed by atoms with Crippen LogP contribution in [0.3, 0.4) is 0 Å². The molecule has 2 rings (SSSR count). The van der Waals surface area contributed by atoms with Crippen molar-refractivity contribution in [3.63, 3.8) is 0 Å². The minimum Gasteiger partial charge on any atom is -0.493 e. The molecule has 0 heterocycles. The molecule has 0 bridgehead atoms. The van der Waals surface area contributed by atoms with Crippen LogP contribution in [0.5, 0.6) is 5.75 Å². The fourth-order valence-corrected chi connectivity index (χ4v) is 2.51. The molecule has 1 N–H and O–H groups in total. The van der Waals surface area contributed by atoms with Gasteiger partial charge in [0, 0.05) is 11.6 Å². The lowest BCUT2D eigenvalue weighted by Crippen LogP contribution is -1.98. The first kappa shape index (κ1) is 18.0. The number of carboxylic acids is 1. The summed E-state index contributed by atoms with van der Waals surface area (Å²) in [4.78, 5) is 10.9. The van der Waals surface area contributed by atoms with Crippen molar-refractivity contribution >= 4 is 5.97 Å². The lowest BCUT2D eigenvalue weighted by Gasteiger charge is -2.09. The fraction of sp³-hybridized carbons (Fsp3) is 0.350. The second kappa shape index (κ2) is 9.06. The summed E-state index contributed by atoms with van der Waals surface area (Å²) < 4.78 is 19.9. The average Bonchev–Trinajstić information content (AvgIpc) is 2.58. The zero-order chi connectivity index (χ0) is 17.4. The minimum absolute atomic E-state index is 0.183. The van der Waals surface area contributed by atoms with E-state index >= 15 is 0 Å². The molecule has 0 saturated carbocycles. The van der Waals surface area contributed by atoms with Gasteiger partial charge in [0.1, 0.15) is 11.6 Å². The Bertz CT molecular complexity index is 665. The van der Waals surface area contributed by atoms with Gasteiger partial charge in [0.25, 0.3) is 0 Å². The van der Waals surface area contributed by atoms with E-state index in [1.54, 1.807) is 24.3 Å². The van der Waals surface area contributed by atoms with Crippen LogP contribution in [0.1, 0.15) is 49.4 Å². The summed E-state index contributed by atoms with van der Waals surface area (Å²) in [6, 6.07) is 10.9. The van der Waals surface area contributed by atoms with Gasteiger partial charge < -0.3 is 9.84 Å². The van der Waals surface area contributed by atoms with Gasteiger partial charge in [0.05, 0.1) is 12.2 Å². The van der Waals surface area contributed by atoms with E-state index in [0.29, 0.717) is 23.5 Å². The molecule has 0 amide bonds. The Morgan fingerprint density at radius 2 is 1.75 bits per heavy atom. The summed E-state index contributed by atoms with van der Waals surface area (Å²) in [5.41, 5.74) is 1.26. The van der Waals surface area contributed by atoms with E-state index in [9.17, 15) is 9.18 Å². The van der Waals surface area contributed by atoms with E-state index in [1.807, 2.05) is 0 Å². The van der Waals surface area contributed by atoms with Gasteiger partial charge in [-0.2, -0.15) is 0 Å². The highest BCUT2D eigenvalue weighted by atomic mass is 19.1. The number of halogens is 1. The highest BCUT2D eigenvalue weighted by Gasteiger charge is 2.08. The first-order valence-corrected chi connectivity index (χ1v) is 8.38. The molecule has 4 heteroatoms. The maximum atomic E-state index is 14.3. The molecule has 3 nitrogen and oxygen atoms in total. The van der Waals surface area contributed by atoms with Crippen molar-refractivity contribution in [3.8, 4) is 16.9 Å². The Hall–Kier alpha value is -2.36. The number of ether oxygens (including phenoxy) is 1. The first-order chi connectivity index (χ1) is 11.6. The van der Waals surface area contributed by atoms with E-state index in [2.05, 4.69) is 6.92 Å². The molecule has 0 aromatic heterocycles. The van der Waals surface area contributed by atoms with Gasteiger partial charge >= 0.3 is 5.97 Å². The van der Waals surface area contributed by atoms with Gasteiger partial charge in [-0.3, -0.25) is 0 Å². The molecule has 0 saturated heterocycles. The number of unbranched alkanes of at least 4 members (excludes halogenated alkanes) is 4. The number of rotatable bonds is 9. The van der Waals surface area contributed by atoms with Crippen molar-refractivity contribution in [1.82, 2.24) is 0 Å². The Morgan fingerprint density at radius 1 is 1.04 bits per heavy atom. The summed E-state index contributed by atoms with van der Waals surface area (Å²) in [6.45, 7) is 2.77. The molecular weight excluding hydrogens is 307 g/mol. The highest BCUT2D eigenvalue weighted by Crippen LogP contribution is 2.26. The predicted molar refractivity (Wildman–Crippen MR) is 93.0 cm³/mol. The molecule has 2 aromatic carbocycles. The summed E-state index contributed by atoms with van der Waals surface area (Å²) in [5, 5.41) is 8.90. The third kappa shape index (κ3) is 5.08. The van der Waals surface area contributed by atoms with Crippen LogP contribution in [0.2, 0.25) is 0 Å². The van der Waals surface area contributed by atoms with Gasteiger partial charge in [0.2, 0.25) is 0 Å². The molecular formula is C20H23FO3. The van der Waals surface area contributed by atoms with Crippen molar-refractivity contribution in [1.29, 1.82) is 0 Å². The lowest BCUT2D eigenvalue weighted by molar-refractivity contribution is 0.0697. The maximum Gasteiger partial charge on any atom is 0.335 e. The van der Waals surface area contributed by atoms with Crippen molar-refractivity contribution in [2.45, 2.75) is 39.0 Å². The van der Waals surface area contributed by atoms with Crippen molar-refractivity contribution < 1.29 is 19.0 Å². The summed E-state index contributed by atoms with van der Waals surface area (Å²) in [7, 11) is 0. The Kier molecular flexibility index (Phi) is 6.79. The molecule has 128 valence electrons. The molecule has 0 fully saturated rings. The van der Waals surface area contributed by atoms with Crippen LogP contribution < -0.4 is 4.74 Å². The number of hydrogen-bond acceptors (Lipinski definition) is 2. The smallest absolute Gasteiger partial charge is 0.335 e. The molecule has 0 aliphatic carbocycles. The molecule has 0 aliphatic rings. The standard InChI is InChI=1S/C20H23FO3/c1-2-3-4-5-6-13-24-17-11-12-18(19(21)14-17)15-7-9-16(10-8-15)20(22)23/h7-12,14H,2-6,13H2,1H3,(H,22,23). The van der Waals surface area contributed by atoms with Gasteiger partial charge in [-0.05, 0) is 36.2 Å². The number of hydrogen-bond donors (Lipinski definition) is 1. The second-order valence-corrected chi connectivity index (χ2v) is 5.79. The second-order valence-electron chi connectivity index (χ2n) is 5.79. The Balaban J connectivity index is 1.95. The SMILES string of the molecule is CCCCCCCOc1ccc(-c2ccc(C(=O)O)cc2)c(F)c1. The van der Waals surface area contributed by atoms with Crippen LogP contribution >= 0.6 is 0 Å². The maximum absolute atomic E-state index is 14.3. The van der Waals surface area contributed by atoms with Crippen LogP contribution in [-0.4, -0.2) is 17.7 Å². The van der Waals surface area contributed by atoms with Crippen LogP contribution in [0.25, 0.3) is 11.1 Å². The quantitative estimate of drug-likeness (QED) is 0.614. The van der Waals surface area contributed by atoms with E-state index < -0.39 is 5.97 Å². The summed E-state index contributed by atoms with van der Waals surface area (Å²) >= 11 is 0. The van der Waals surface area contributed by atoms with Gasteiger partial charge in [0.15, 0.2) is 0 Å². The van der Waals surface area contributed by atoms with Gasteiger partial charge in [-0.15, -0.1) is 0 Å². The minimum atomic E-state index is -0.996. The molecule has 0 radical (unpaired) electrons. The van der Waals surface area contributed by atoms with E-state index in [4.69, 9.17) is 9.84 Å². The molecule has 0 spiro atoms. The number of carboxylic acid groups (broad SMARTS) is 1. The largest absolute Gasteiger partial charge is 0.493 e. The topological polar surface area (TPSA) is 46.5 Å². The highest BCUT2D eigenvalue weighted by molar-refractivity contribution is 5.88. The number of carbonyl (C=O) groups is 1. The Morgan fingerprint density at radius 3 is 2.38 bits per heavy atom. The molecule has 0 unspecified atom stereocenters. The monoisotopic (exact) mass is 330 g/mol. The third-order valence-electron chi connectivity index (χ3n) is 3.90. The average molecular weight is 330 g/mol. The summed E-state index contributed by atoms with van der Waals surface area (Å²) in [5.74, 6) is -0.847. The zero-order valence-electron chi connectivity index (χ0n) is 13.9. The van der Waals surface area contributed by atoms with Crippen LogP contribution in [0.4, 0.5) is 4.39 Å². The van der Waals surface area contributed by atoms with Gasteiger partial charge in [-0.25, -0.2) is 9.18 Å². The first-order valence-electron chi connectivity index (χ1n) is 8.38. The van der Waals surface area contributed by atoms with Crippen LogP contribution in [-0.2, 0) is 0 Å². The predicted octanol–water partition coefficient (Wildman–Crippen LogP) is 5.54. The van der Waals surface area contributed by atoms with E-state index in [-0.39, 0.29) is 11.4 Å². The van der Waals surface area contributed by atoms with E-state index in [0.717, 1.165) is 12.8 Å². The Labute approximate surface area is 142 Å². The molecule has 0 aliphatic heterocycles. The fourth-order valence-electron chi connectivity index (χ4n) is 2.51. The van der Waals surface area contributed by atoms with Crippen molar-refractivity contribution in [2.24, 2.45) is 0 Å². The molecule has 24 heavy (non-hydrogen) atoms. The van der Waals surface area contributed by atoms with Crippen LogP contribution in [0.15, 0.2) is 42.5 Å². The number of aromatic carboxylic acids is 1. The third-order valence-corrected chi connectivity index (χ3v) is 3.90. The normalized spacial score (nSPS) is 10.6. The number of benzene rings is 2. The van der Waals surface area contributed by atoms with E-state index in [1.165, 1.54) is 37.5 Å². The zero-order valence-corrected chi connectivity index (χ0v) is 13.9. The van der Waals surface area contributed by atoms with Crippen molar-refractivity contribution in [2.75, 3.05) is 6.61 Å².